The van der Waals surface area contributed by atoms with Crippen LogP contribution in [0.3, 0.4) is 0 Å². The fourth-order valence-corrected chi connectivity index (χ4v) is 2.74. The molecule has 2 aromatic heterocycles. The van der Waals surface area contributed by atoms with Gasteiger partial charge in [-0.15, -0.1) is 0 Å². The van der Waals surface area contributed by atoms with Crippen LogP contribution in [0.2, 0.25) is 0 Å². The van der Waals surface area contributed by atoms with Crippen molar-refractivity contribution in [2.24, 2.45) is 5.92 Å². The number of rotatable bonds is 5. The van der Waals surface area contributed by atoms with Gasteiger partial charge in [-0.3, -0.25) is 14.6 Å². The Morgan fingerprint density at radius 3 is 3.04 bits per heavy atom. The van der Waals surface area contributed by atoms with E-state index in [1.165, 1.54) is 0 Å². The first-order chi connectivity index (χ1) is 11.1. The molecule has 6 heteroatoms. The van der Waals surface area contributed by atoms with Crippen molar-refractivity contribution in [3.05, 3.63) is 54.2 Å². The molecule has 0 aromatic carbocycles. The first-order valence-corrected chi connectivity index (χ1v) is 7.64. The van der Waals surface area contributed by atoms with E-state index in [2.05, 4.69) is 10.3 Å². The molecule has 0 bridgehead atoms. The molecule has 1 aliphatic heterocycles. The van der Waals surface area contributed by atoms with E-state index in [1.807, 2.05) is 25.1 Å². The van der Waals surface area contributed by atoms with Crippen molar-refractivity contribution in [2.45, 2.75) is 25.9 Å². The molecule has 6 nitrogen and oxygen atoms in total. The molecule has 2 atom stereocenters. The van der Waals surface area contributed by atoms with Crippen LogP contribution >= 0.6 is 0 Å². The molecular weight excluding hydrogens is 294 g/mol. The molecule has 1 fully saturated rings. The van der Waals surface area contributed by atoms with Gasteiger partial charge in [-0.25, -0.2) is 0 Å². The van der Waals surface area contributed by atoms with Gasteiger partial charge < -0.3 is 14.6 Å². The van der Waals surface area contributed by atoms with E-state index in [1.54, 1.807) is 29.6 Å². The van der Waals surface area contributed by atoms with Gasteiger partial charge >= 0.3 is 0 Å². The Bertz CT molecular complexity index is 670. The highest BCUT2D eigenvalue weighted by Gasteiger charge is 2.35. The highest BCUT2D eigenvalue weighted by Crippen LogP contribution is 2.22. The van der Waals surface area contributed by atoms with E-state index in [0.29, 0.717) is 13.1 Å². The molecule has 0 spiro atoms. The summed E-state index contributed by atoms with van der Waals surface area (Å²) in [6.45, 7) is 2.74. The molecule has 2 unspecified atom stereocenters. The van der Waals surface area contributed by atoms with E-state index in [9.17, 15) is 9.59 Å². The van der Waals surface area contributed by atoms with Crippen LogP contribution in [0, 0.1) is 5.92 Å². The molecular formula is C17H19N3O3. The summed E-state index contributed by atoms with van der Waals surface area (Å²) < 4.78 is 5.26. The lowest BCUT2D eigenvalue weighted by Crippen LogP contribution is -2.34. The molecule has 3 rings (SSSR count). The molecule has 2 aromatic rings. The van der Waals surface area contributed by atoms with Gasteiger partial charge in [-0.1, -0.05) is 6.07 Å². The lowest BCUT2D eigenvalue weighted by atomic mass is 10.1. The van der Waals surface area contributed by atoms with Gasteiger partial charge in [0.2, 0.25) is 11.8 Å². The number of carbonyl (C=O) groups is 2. The van der Waals surface area contributed by atoms with Crippen molar-refractivity contribution in [3.8, 4) is 0 Å². The second-order valence-electron chi connectivity index (χ2n) is 5.77. The van der Waals surface area contributed by atoms with Gasteiger partial charge in [-0.05, 0) is 30.7 Å². The maximum absolute atomic E-state index is 12.4. The van der Waals surface area contributed by atoms with Crippen molar-refractivity contribution < 1.29 is 14.0 Å². The van der Waals surface area contributed by atoms with Crippen molar-refractivity contribution in [1.82, 2.24) is 15.2 Å². The number of carbonyl (C=O) groups excluding carboxylic acids is 2. The van der Waals surface area contributed by atoms with Gasteiger partial charge in [0, 0.05) is 25.4 Å². The number of nitrogens with zero attached hydrogens (tertiary/aromatic N) is 2. The minimum absolute atomic E-state index is 0.0180. The van der Waals surface area contributed by atoms with Crippen LogP contribution in [0.25, 0.3) is 0 Å². The number of hydrogen-bond acceptors (Lipinski definition) is 4. The zero-order chi connectivity index (χ0) is 16.2. The van der Waals surface area contributed by atoms with Crippen molar-refractivity contribution in [3.63, 3.8) is 0 Å². The first kappa shape index (κ1) is 15.3. The fourth-order valence-electron chi connectivity index (χ4n) is 2.74. The van der Waals surface area contributed by atoms with Crippen LogP contribution in [0.1, 0.15) is 30.7 Å². The van der Waals surface area contributed by atoms with E-state index in [4.69, 9.17) is 4.42 Å². The Kier molecular flexibility index (Phi) is 4.41. The monoisotopic (exact) mass is 313 g/mol. The quantitative estimate of drug-likeness (QED) is 0.915. The maximum atomic E-state index is 12.4. The maximum Gasteiger partial charge on any atom is 0.225 e. The first-order valence-electron chi connectivity index (χ1n) is 7.64. The predicted octanol–water partition coefficient (Wildman–Crippen LogP) is 1.90. The lowest BCUT2D eigenvalue weighted by Gasteiger charge is -2.18. The summed E-state index contributed by atoms with van der Waals surface area (Å²) in [4.78, 5) is 30.2. The average molecular weight is 313 g/mol. The number of amides is 2. The van der Waals surface area contributed by atoms with Crippen LogP contribution in [0.5, 0.6) is 0 Å². The van der Waals surface area contributed by atoms with Gasteiger partial charge in [0.25, 0.3) is 0 Å². The molecule has 0 saturated carbocycles. The Balaban J connectivity index is 1.57. The van der Waals surface area contributed by atoms with Crippen molar-refractivity contribution in [1.29, 1.82) is 0 Å². The third kappa shape index (κ3) is 3.59. The average Bonchev–Trinajstić information content (AvgIpc) is 3.19. The summed E-state index contributed by atoms with van der Waals surface area (Å²) in [5, 5.41) is 2.96. The van der Waals surface area contributed by atoms with E-state index < -0.39 is 0 Å². The smallest absolute Gasteiger partial charge is 0.225 e. The topological polar surface area (TPSA) is 75.4 Å². The number of furan rings is 1. The Morgan fingerprint density at radius 2 is 2.35 bits per heavy atom. The summed E-state index contributed by atoms with van der Waals surface area (Å²) in [6, 6.07) is 7.23. The predicted molar refractivity (Wildman–Crippen MR) is 83.0 cm³/mol. The lowest BCUT2D eigenvalue weighted by molar-refractivity contribution is -0.129. The highest BCUT2D eigenvalue weighted by molar-refractivity contribution is 5.89. The van der Waals surface area contributed by atoms with Gasteiger partial charge in [0.1, 0.15) is 5.76 Å². The molecule has 2 amide bonds. The number of pyridine rings is 1. The van der Waals surface area contributed by atoms with Crippen LogP contribution in [-0.4, -0.2) is 28.2 Å². The molecule has 23 heavy (non-hydrogen) atoms. The standard InChI is InChI=1S/C17H19N3O3/c1-12(13-4-2-6-18-9-13)19-17(22)14-8-16(21)20(10-14)11-15-5-3-7-23-15/h2-7,9,12,14H,8,10-11H2,1H3,(H,19,22). The fraction of sp³-hybridized carbons (Fsp3) is 0.353. The summed E-state index contributed by atoms with van der Waals surface area (Å²) in [6.07, 6.45) is 5.25. The molecule has 0 radical (unpaired) electrons. The molecule has 0 aliphatic carbocycles. The second kappa shape index (κ2) is 6.64. The van der Waals surface area contributed by atoms with Crippen LogP contribution < -0.4 is 5.32 Å². The van der Waals surface area contributed by atoms with Gasteiger partial charge in [0.05, 0.1) is 24.8 Å². The zero-order valence-corrected chi connectivity index (χ0v) is 12.9. The largest absolute Gasteiger partial charge is 0.467 e. The van der Waals surface area contributed by atoms with Gasteiger partial charge in [-0.2, -0.15) is 0 Å². The number of hydrogen-bond donors (Lipinski definition) is 1. The third-order valence-corrected chi connectivity index (χ3v) is 4.06. The Hall–Kier alpha value is -2.63. The molecule has 1 N–H and O–H groups in total. The molecule has 1 saturated heterocycles. The SMILES string of the molecule is CC(NC(=O)C1CC(=O)N(Cc2ccco2)C1)c1cccnc1. The Labute approximate surface area is 134 Å². The van der Waals surface area contributed by atoms with E-state index in [-0.39, 0.29) is 30.2 Å². The summed E-state index contributed by atoms with van der Waals surface area (Å²) in [7, 11) is 0. The third-order valence-electron chi connectivity index (χ3n) is 4.06. The zero-order valence-electron chi connectivity index (χ0n) is 12.9. The van der Waals surface area contributed by atoms with Gasteiger partial charge in [0.15, 0.2) is 0 Å². The molecule has 120 valence electrons. The summed E-state index contributed by atoms with van der Waals surface area (Å²) in [5.41, 5.74) is 0.942. The van der Waals surface area contributed by atoms with Crippen molar-refractivity contribution in [2.75, 3.05) is 6.54 Å². The molecule has 1 aliphatic rings. The number of nitrogens with one attached hydrogen (secondary N) is 1. The van der Waals surface area contributed by atoms with Crippen LogP contribution in [0.15, 0.2) is 47.3 Å². The van der Waals surface area contributed by atoms with Crippen molar-refractivity contribution >= 4 is 11.8 Å². The van der Waals surface area contributed by atoms with Crippen LogP contribution in [-0.2, 0) is 16.1 Å². The highest BCUT2D eigenvalue weighted by atomic mass is 16.3. The summed E-state index contributed by atoms with van der Waals surface area (Å²) >= 11 is 0. The minimum atomic E-state index is -0.323. The minimum Gasteiger partial charge on any atom is -0.467 e. The Morgan fingerprint density at radius 1 is 1.48 bits per heavy atom. The van der Waals surface area contributed by atoms with Crippen LogP contribution in [0.4, 0.5) is 0 Å². The second-order valence-corrected chi connectivity index (χ2v) is 5.77. The van der Waals surface area contributed by atoms with E-state index in [0.717, 1.165) is 11.3 Å². The van der Waals surface area contributed by atoms with E-state index >= 15 is 0 Å². The molecule has 3 heterocycles. The summed E-state index contributed by atoms with van der Waals surface area (Å²) in [5.74, 6) is 0.284. The number of likely N-dealkylation sites (tertiary alicyclic amines) is 1. The normalized spacial score (nSPS) is 18.9. The number of aromatic nitrogens is 1.